The minimum absolute atomic E-state index is 0.0809. The number of aliphatic carboxylic acids is 1. The molecule has 0 saturated carbocycles. The molecule has 0 heterocycles. The van der Waals surface area contributed by atoms with E-state index in [4.69, 9.17) is 19.3 Å². The summed E-state index contributed by atoms with van der Waals surface area (Å²) in [5.41, 5.74) is 0. The zero-order valence-corrected chi connectivity index (χ0v) is 14.6. The largest absolute Gasteiger partial charge is 0.476 e. The summed E-state index contributed by atoms with van der Waals surface area (Å²) in [7, 11) is 0. The lowest BCUT2D eigenvalue weighted by atomic mass is 10.1. The van der Waals surface area contributed by atoms with Crippen LogP contribution in [-0.2, 0) is 28.6 Å². The van der Waals surface area contributed by atoms with Gasteiger partial charge in [0.25, 0.3) is 0 Å². The van der Waals surface area contributed by atoms with E-state index in [0.717, 1.165) is 13.0 Å². The third-order valence-electron chi connectivity index (χ3n) is 3.30. The van der Waals surface area contributed by atoms with Gasteiger partial charge in [0.15, 0.2) is 0 Å². The highest BCUT2D eigenvalue weighted by atomic mass is 16.6. The van der Waals surface area contributed by atoms with Crippen molar-refractivity contribution in [1.29, 1.82) is 0 Å². The third kappa shape index (κ3) is 15.4. The summed E-state index contributed by atoms with van der Waals surface area (Å²) in [5.74, 6) is -3.13. The molecule has 0 aliphatic rings. The fraction of sp³-hybridized carbons (Fsp3) is 0.824. The Labute approximate surface area is 143 Å². The molecule has 0 fully saturated rings. The number of hydrogen-bond donors (Lipinski definition) is 1. The molecule has 0 aromatic carbocycles. The second-order valence-electron chi connectivity index (χ2n) is 5.44. The molecular weight excluding hydrogens is 316 g/mol. The maximum absolute atomic E-state index is 11.2. The fourth-order valence-corrected chi connectivity index (χ4v) is 1.92. The molecule has 0 aliphatic carbocycles. The van der Waals surface area contributed by atoms with Crippen molar-refractivity contribution in [3.63, 3.8) is 0 Å². The van der Waals surface area contributed by atoms with E-state index in [1.807, 2.05) is 0 Å². The van der Waals surface area contributed by atoms with Gasteiger partial charge in [-0.3, -0.25) is 9.59 Å². The average Bonchev–Trinajstić information content (AvgIpc) is 2.56. The standard InChI is InChI=1S/C17H30O7/c1-2-3-4-5-6-7-10-22-11-12-23-13-14-24-16(19)9-8-15(18)17(20)21/h2-14H2,1H3,(H,20,21). The number of hydrogen-bond acceptors (Lipinski definition) is 6. The maximum Gasteiger partial charge on any atom is 0.372 e. The van der Waals surface area contributed by atoms with Gasteiger partial charge in [0, 0.05) is 13.0 Å². The molecule has 0 atom stereocenters. The highest BCUT2D eigenvalue weighted by Crippen LogP contribution is 2.04. The summed E-state index contributed by atoms with van der Waals surface area (Å²) in [5, 5.41) is 8.36. The first-order chi connectivity index (χ1) is 11.6. The van der Waals surface area contributed by atoms with Crippen molar-refractivity contribution in [2.75, 3.05) is 33.0 Å². The number of rotatable bonds is 17. The molecule has 0 rings (SSSR count). The Hall–Kier alpha value is -1.47. The van der Waals surface area contributed by atoms with Crippen LogP contribution in [0, 0.1) is 0 Å². The first kappa shape index (κ1) is 22.5. The highest BCUT2D eigenvalue weighted by Gasteiger charge is 2.13. The molecule has 7 nitrogen and oxygen atoms in total. The summed E-state index contributed by atoms with van der Waals surface area (Å²) < 4.78 is 15.5. The molecule has 0 unspecified atom stereocenters. The highest BCUT2D eigenvalue weighted by molar-refractivity contribution is 6.32. The first-order valence-corrected chi connectivity index (χ1v) is 8.65. The Morgan fingerprint density at radius 3 is 2.00 bits per heavy atom. The predicted octanol–water partition coefficient (Wildman–Crippen LogP) is 2.36. The third-order valence-corrected chi connectivity index (χ3v) is 3.30. The van der Waals surface area contributed by atoms with E-state index in [9.17, 15) is 14.4 Å². The second kappa shape index (κ2) is 16.4. The number of carboxylic acid groups (broad SMARTS) is 1. The number of carboxylic acids is 1. The number of carbonyl (C=O) groups is 3. The van der Waals surface area contributed by atoms with Gasteiger partial charge in [0.2, 0.25) is 5.78 Å². The van der Waals surface area contributed by atoms with Crippen LogP contribution in [0.15, 0.2) is 0 Å². The van der Waals surface area contributed by atoms with Crippen molar-refractivity contribution in [1.82, 2.24) is 0 Å². The smallest absolute Gasteiger partial charge is 0.372 e. The number of carbonyl (C=O) groups excluding carboxylic acids is 2. The molecular formula is C17H30O7. The molecule has 7 heteroatoms. The molecule has 0 aromatic heterocycles. The van der Waals surface area contributed by atoms with E-state index in [1.165, 1.54) is 32.1 Å². The van der Waals surface area contributed by atoms with Crippen molar-refractivity contribution in [2.24, 2.45) is 0 Å². The van der Waals surface area contributed by atoms with E-state index >= 15 is 0 Å². The molecule has 0 radical (unpaired) electrons. The van der Waals surface area contributed by atoms with Gasteiger partial charge in [-0.05, 0) is 6.42 Å². The van der Waals surface area contributed by atoms with E-state index in [-0.39, 0.29) is 26.1 Å². The van der Waals surface area contributed by atoms with Gasteiger partial charge in [-0.25, -0.2) is 4.79 Å². The number of Topliss-reactive ketones (excluding diaryl/α,β-unsaturated/α-hetero) is 1. The van der Waals surface area contributed by atoms with Gasteiger partial charge in [-0.2, -0.15) is 0 Å². The van der Waals surface area contributed by atoms with Crippen molar-refractivity contribution in [3.05, 3.63) is 0 Å². The van der Waals surface area contributed by atoms with Crippen molar-refractivity contribution in [3.8, 4) is 0 Å². The van der Waals surface area contributed by atoms with E-state index in [0.29, 0.717) is 13.2 Å². The minimum atomic E-state index is -1.54. The zero-order chi connectivity index (χ0) is 18.0. The number of esters is 1. The van der Waals surface area contributed by atoms with E-state index < -0.39 is 17.7 Å². The molecule has 1 N–H and O–H groups in total. The lowest BCUT2D eigenvalue weighted by molar-refractivity contribution is -0.151. The molecule has 0 aliphatic heterocycles. The van der Waals surface area contributed by atoms with Gasteiger partial charge in [0.1, 0.15) is 6.61 Å². The molecule has 0 bridgehead atoms. The van der Waals surface area contributed by atoms with Crippen molar-refractivity contribution >= 4 is 17.7 Å². The van der Waals surface area contributed by atoms with Gasteiger partial charge in [-0.1, -0.05) is 39.0 Å². The van der Waals surface area contributed by atoms with Crippen LogP contribution in [0.5, 0.6) is 0 Å². The van der Waals surface area contributed by atoms with Gasteiger partial charge < -0.3 is 19.3 Å². The SMILES string of the molecule is CCCCCCCCOCCOCCOC(=O)CCC(=O)C(=O)O. The van der Waals surface area contributed by atoms with Gasteiger partial charge >= 0.3 is 11.9 Å². The van der Waals surface area contributed by atoms with Crippen molar-refractivity contribution in [2.45, 2.75) is 58.3 Å². The van der Waals surface area contributed by atoms with Gasteiger partial charge in [0.05, 0.1) is 26.2 Å². The van der Waals surface area contributed by atoms with Crippen LogP contribution < -0.4 is 0 Å². The summed E-state index contributed by atoms with van der Waals surface area (Å²) >= 11 is 0. The lowest BCUT2D eigenvalue weighted by Gasteiger charge is -2.07. The normalized spacial score (nSPS) is 10.5. The van der Waals surface area contributed by atoms with Crippen LogP contribution in [0.4, 0.5) is 0 Å². The summed E-state index contributed by atoms with van der Waals surface area (Å²) in [6, 6.07) is 0. The van der Waals surface area contributed by atoms with E-state index in [2.05, 4.69) is 6.92 Å². The van der Waals surface area contributed by atoms with Crippen LogP contribution in [0.2, 0.25) is 0 Å². The first-order valence-electron chi connectivity index (χ1n) is 8.65. The van der Waals surface area contributed by atoms with Crippen LogP contribution >= 0.6 is 0 Å². The Kier molecular flexibility index (Phi) is 15.4. The Morgan fingerprint density at radius 1 is 0.750 bits per heavy atom. The molecule has 24 heavy (non-hydrogen) atoms. The molecule has 140 valence electrons. The lowest BCUT2D eigenvalue weighted by Crippen LogP contribution is -2.17. The number of ether oxygens (including phenoxy) is 3. The number of unbranched alkanes of at least 4 members (excludes halogenated alkanes) is 5. The summed E-state index contributed by atoms with van der Waals surface area (Å²) in [6.45, 7) is 4.21. The predicted molar refractivity (Wildman–Crippen MR) is 87.8 cm³/mol. The molecule has 0 aromatic rings. The van der Waals surface area contributed by atoms with Crippen LogP contribution in [-0.4, -0.2) is 55.9 Å². The van der Waals surface area contributed by atoms with Crippen LogP contribution in [0.3, 0.4) is 0 Å². The Morgan fingerprint density at radius 2 is 1.33 bits per heavy atom. The van der Waals surface area contributed by atoms with E-state index in [1.54, 1.807) is 0 Å². The maximum atomic E-state index is 11.2. The van der Waals surface area contributed by atoms with Gasteiger partial charge in [-0.15, -0.1) is 0 Å². The molecule has 0 amide bonds. The number of ketones is 1. The van der Waals surface area contributed by atoms with Crippen LogP contribution in [0.25, 0.3) is 0 Å². The Balaban J connectivity index is 3.23. The Bertz CT molecular complexity index is 355. The summed E-state index contributed by atoms with van der Waals surface area (Å²) in [6.07, 6.45) is 6.80. The minimum Gasteiger partial charge on any atom is -0.476 e. The summed E-state index contributed by atoms with van der Waals surface area (Å²) in [4.78, 5) is 32.3. The molecule has 0 saturated heterocycles. The molecule has 0 spiro atoms. The second-order valence-corrected chi connectivity index (χ2v) is 5.44. The topological polar surface area (TPSA) is 99.1 Å². The zero-order valence-electron chi connectivity index (χ0n) is 14.6. The average molecular weight is 346 g/mol. The quantitative estimate of drug-likeness (QED) is 0.245. The van der Waals surface area contributed by atoms with Crippen LogP contribution in [0.1, 0.15) is 58.3 Å². The monoisotopic (exact) mass is 346 g/mol. The fourth-order valence-electron chi connectivity index (χ4n) is 1.92. The van der Waals surface area contributed by atoms with Crippen molar-refractivity contribution < 1.29 is 33.7 Å².